The van der Waals surface area contributed by atoms with Crippen LogP contribution in [-0.2, 0) is 41.8 Å². The van der Waals surface area contributed by atoms with Gasteiger partial charge in [0.2, 0.25) is 11.9 Å². The molecule has 0 bridgehead atoms. The Kier molecular flexibility index (Phi) is 8.31. The summed E-state index contributed by atoms with van der Waals surface area (Å²) in [5.74, 6) is -2.64. The molecule has 216 valence electrons. The number of nitrogens with zero attached hydrogens (tertiary/aromatic N) is 2. The van der Waals surface area contributed by atoms with E-state index in [1.54, 1.807) is 30.3 Å². The summed E-state index contributed by atoms with van der Waals surface area (Å²) in [7, 11) is 0. The fraction of sp³-hybridized carbons (Fsp3) is 0.357. The van der Waals surface area contributed by atoms with E-state index in [2.05, 4.69) is 0 Å². The molecule has 2 aliphatic heterocycles. The maximum absolute atomic E-state index is 13.5. The molecule has 0 amide bonds. The first-order chi connectivity index (χ1) is 19.8. The molecule has 41 heavy (non-hydrogen) atoms. The average molecular weight is 569 g/mol. The Bertz CT molecular complexity index is 1500. The van der Waals surface area contributed by atoms with Crippen LogP contribution in [0, 0.1) is 6.92 Å². The molecule has 5 rings (SSSR count). The second-order valence-electron chi connectivity index (χ2n) is 9.40. The minimum absolute atomic E-state index is 0.154. The van der Waals surface area contributed by atoms with Gasteiger partial charge < -0.3 is 33.5 Å². The molecule has 13 heteroatoms. The monoisotopic (exact) mass is 568 g/mol. The van der Waals surface area contributed by atoms with Crippen LogP contribution >= 0.6 is 0 Å². The first-order valence-electron chi connectivity index (χ1n) is 12.8. The van der Waals surface area contributed by atoms with Gasteiger partial charge in [0.1, 0.15) is 13.3 Å². The van der Waals surface area contributed by atoms with E-state index in [9.17, 15) is 24.3 Å². The Labute approximate surface area is 233 Å². The third kappa shape index (κ3) is 5.79. The molecule has 0 spiro atoms. The number of fused-ring (bicyclic) bond motifs is 1. The lowest BCUT2D eigenvalue weighted by molar-refractivity contribution is -0.283. The topological polar surface area (TPSA) is 154 Å². The molecule has 0 radical (unpaired) electrons. The molecule has 0 aliphatic carbocycles. The molecule has 13 nitrogen and oxygen atoms in total. The number of hydrogen-bond acceptors (Lipinski definition) is 11. The van der Waals surface area contributed by atoms with Crippen molar-refractivity contribution in [3.05, 3.63) is 104 Å². The average Bonchev–Trinajstić information content (AvgIpc) is 3.51. The van der Waals surface area contributed by atoms with Gasteiger partial charge in [-0.05, 0) is 24.6 Å². The van der Waals surface area contributed by atoms with Gasteiger partial charge in [-0.1, -0.05) is 48.5 Å². The van der Waals surface area contributed by atoms with Crippen molar-refractivity contribution in [2.75, 3.05) is 19.8 Å². The first-order valence-corrected chi connectivity index (χ1v) is 12.8. The second-order valence-corrected chi connectivity index (χ2v) is 9.40. The van der Waals surface area contributed by atoms with Gasteiger partial charge in [-0.25, -0.2) is 19.0 Å². The summed E-state index contributed by atoms with van der Waals surface area (Å²) in [6.07, 6.45) is -3.62. The van der Waals surface area contributed by atoms with Crippen LogP contribution in [0.25, 0.3) is 0 Å². The molecular formula is C28H28N2O11. The van der Waals surface area contributed by atoms with Gasteiger partial charge in [-0.2, -0.15) is 0 Å². The van der Waals surface area contributed by atoms with Gasteiger partial charge in [0.15, 0.2) is 12.3 Å². The van der Waals surface area contributed by atoms with E-state index in [4.69, 9.17) is 28.4 Å². The number of hydrogen-bond donors (Lipinski definition) is 1. The van der Waals surface area contributed by atoms with Crippen LogP contribution in [-0.4, -0.2) is 64.2 Å². The normalized spacial score (nSPS) is 23.1. The number of rotatable bonds is 11. The van der Waals surface area contributed by atoms with Gasteiger partial charge in [0.05, 0.1) is 25.4 Å². The molecule has 2 saturated heterocycles. The highest BCUT2D eigenvalue weighted by Crippen LogP contribution is 2.44. The Morgan fingerprint density at radius 1 is 1.02 bits per heavy atom. The lowest BCUT2D eigenvalue weighted by Crippen LogP contribution is -2.50. The highest BCUT2D eigenvalue weighted by molar-refractivity contribution is 5.89. The number of aliphatic hydroxyl groups is 1. The van der Waals surface area contributed by atoms with Gasteiger partial charge in [-0.15, -0.1) is 0 Å². The lowest BCUT2D eigenvalue weighted by Gasteiger charge is -2.31. The molecule has 2 aromatic carbocycles. The Hall–Kier alpha value is -4.30. The van der Waals surface area contributed by atoms with E-state index >= 15 is 0 Å². The highest BCUT2D eigenvalue weighted by Gasteiger charge is 2.65. The number of esters is 1. The van der Waals surface area contributed by atoms with Crippen LogP contribution in [0.4, 0.5) is 4.79 Å². The van der Waals surface area contributed by atoms with Crippen molar-refractivity contribution in [1.82, 2.24) is 9.13 Å². The molecule has 1 aromatic heterocycles. The Morgan fingerprint density at radius 3 is 2.44 bits per heavy atom. The van der Waals surface area contributed by atoms with Crippen LogP contribution in [0.5, 0.6) is 0 Å². The van der Waals surface area contributed by atoms with Crippen molar-refractivity contribution >= 4 is 12.1 Å². The SMILES string of the molecule is Cc1cn([C@@H]2O[C@@](COC(=O)c3ccccc3)(OCCO)C3OC(=O)O[C@@H]32)c(=O)n(COCc2ccccc2)c1=O. The van der Waals surface area contributed by atoms with Crippen LogP contribution in [0.2, 0.25) is 0 Å². The van der Waals surface area contributed by atoms with E-state index in [1.807, 2.05) is 30.3 Å². The molecule has 2 aliphatic rings. The minimum Gasteiger partial charge on any atom is -0.456 e. The van der Waals surface area contributed by atoms with Crippen molar-refractivity contribution in [3.63, 3.8) is 0 Å². The van der Waals surface area contributed by atoms with Crippen molar-refractivity contribution < 1.29 is 43.1 Å². The predicted molar refractivity (Wildman–Crippen MR) is 139 cm³/mol. The van der Waals surface area contributed by atoms with Gasteiger partial charge in [0.25, 0.3) is 5.56 Å². The minimum atomic E-state index is -1.94. The smallest absolute Gasteiger partial charge is 0.456 e. The summed E-state index contributed by atoms with van der Waals surface area (Å²) in [4.78, 5) is 51.3. The lowest BCUT2D eigenvalue weighted by atomic mass is 10.1. The van der Waals surface area contributed by atoms with E-state index in [-0.39, 0.29) is 31.1 Å². The number of carbonyl (C=O) groups excluding carboxylic acids is 2. The first kappa shape index (κ1) is 28.2. The summed E-state index contributed by atoms with van der Waals surface area (Å²) in [6.45, 7) is 0.0253. The quantitative estimate of drug-likeness (QED) is 0.335. The Morgan fingerprint density at radius 2 is 1.73 bits per heavy atom. The number of benzene rings is 2. The summed E-state index contributed by atoms with van der Waals surface area (Å²) < 4.78 is 35.6. The van der Waals surface area contributed by atoms with Crippen LogP contribution in [0.3, 0.4) is 0 Å². The summed E-state index contributed by atoms with van der Waals surface area (Å²) in [6, 6.07) is 17.4. The summed E-state index contributed by atoms with van der Waals surface area (Å²) in [5, 5.41) is 9.45. The van der Waals surface area contributed by atoms with Crippen LogP contribution in [0.15, 0.2) is 76.4 Å². The third-order valence-electron chi connectivity index (χ3n) is 6.61. The zero-order valence-corrected chi connectivity index (χ0v) is 22.0. The number of aryl methyl sites for hydroxylation is 1. The summed E-state index contributed by atoms with van der Waals surface area (Å²) in [5.41, 5.74) is -0.0957. The van der Waals surface area contributed by atoms with E-state index in [1.165, 1.54) is 13.1 Å². The van der Waals surface area contributed by atoms with Crippen LogP contribution < -0.4 is 11.2 Å². The van der Waals surface area contributed by atoms with Crippen molar-refractivity contribution in [3.8, 4) is 0 Å². The summed E-state index contributed by atoms with van der Waals surface area (Å²) >= 11 is 0. The number of aliphatic hydroxyl groups excluding tert-OH is 1. The maximum atomic E-state index is 13.5. The molecule has 3 aromatic rings. The number of aromatic nitrogens is 2. The zero-order chi connectivity index (χ0) is 29.0. The largest absolute Gasteiger partial charge is 0.509 e. The number of ether oxygens (including phenoxy) is 6. The zero-order valence-electron chi connectivity index (χ0n) is 22.0. The highest BCUT2D eigenvalue weighted by atomic mass is 16.8. The van der Waals surface area contributed by atoms with Crippen molar-refractivity contribution in [2.24, 2.45) is 0 Å². The molecular weight excluding hydrogens is 540 g/mol. The molecule has 4 atom stereocenters. The molecule has 1 N–H and O–H groups in total. The fourth-order valence-electron chi connectivity index (χ4n) is 4.67. The molecule has 2 fully saturated rings. The predicted octanol–water partition coefficient (Wildman–Crippen LogP) is 1.49. The molecule has 1 unspecified atom stereocenters. The maximum Gasteiger partial charge on any atom is 0.509 e. The third-order valence-corrected chi connectivity index (χ3v) is 6.61. The van der Waals surface area contributed by atoms with E-state index in [0.29, 0.717) is 0 Å². The van der Waals surface area contributed by atoms with Crippen molar-refractivity contribution in [2.45, 2.75) is 44.5 Å². The van der Waals surface area contributed by atoms with Gasteiger partial charge in [-0.3, -0.25) is 9.36 Å². The van der Waals surface area contributed by atoms with Crippen LogP contribution in [0.1, 0.15) is 27.7 Å². The van der Waals surface area contributed by atoms with Gasteiger partial charge in [0, 0.05) is 11.8 Å². The number of carbonyl (C=O) groups is 2. The molecule has 3 heterocycles. The standard InChI is InChI=1S/C28H28N2O11/c1-18-14-29(26(34)30(23(18)32)17-36-15-19-8-4-2-5-9-19)24-21-22(40-27(35)39-21)28(41-24,38-13-12-31)16-37-25(33)20-10-6-3-7-11-20/h2-11,14,21-22,24,31H,12-13,15-17H2,1H3/t21-,22?,24+,28+/m0/s1. The van der Waals surface area contributed by atoms with E-state index < -0.39 is 60.8 Å². The van der Waals surface area contributed by atoms with Gasteiger partial charge >= 0.3 is 17.8 Å². The Balaban J connectivity index is 1.44. The molecule has 0 saturated carbocycles. The fourth-order valence-corrected chi connectivity index (χ4v) is 4.67. The van der Waals surface area contributed by atoms with Crippen molar-refractivity contribution in [1.29, 1.82) is 0 Å². The van der Waals surface area contributed by atoms with E-state index in [0.717, 1.165) is 14.7 Å². The second kappa shape index (κ2) is 12.1.